The van der Waals surface area contributed by atoms with Crippen LogP contribution in [0.1, 0.15) is 6.42 Å². The number of nitrogens with zero attached hydrogens (tertiary/aromatic N) is 1. The molecular weight excluding hydrogens is 173 g/mol. The normalized spacial score (nSPS) is 31.5. The molecule has 0 aliphatic carbocycles. The van der Waals surface area contributed by atoms with Crippen LogP contribution in [0.3, 0.4) is 0 Å². The SMILES string of the molecule is CN1C[C@@H](F)C[C@H]1C(=O)O.Cl. The van der Waals surface area contributed by atoms with Crippen LogP contribution in [-0.2, 0) is 4.79 Å². The molecule has 1 N–H and O–H groups in total. The van der Waals surface area contributed by atoms with Crippen LogP contribution in [0.2, 0.25) is 0 Å². The molecule has 1 aliphatic heterocycles. The number of carboxylic acids is 1. The van der Waals surface area contributed by atoms with Gasteiger partial charge >= 0.3 is 5.97 Å². The van der Waals surface area contributed by atoms with Crippen LogP contribution >= 0.6 is 12.4 Å². The number of carboxylic acid groups (broad SMARTS) is 1. The number of alkyl halides is 1. The zero-order chi connectivity index (χ0) is 7.72. The lowest BCUT2D eigenvalue weighted by atomic mass is 10.2. The minimum absolute atomic E-state index is 0. The van der Waals surface area contributed by atoms with Crippen molar-refractivity contribution in [2.75, 3.05) is 13.6 Å². The summed E-state index contributed by atoms with van der Waals surface area (Å²) < 4.78 is 12.5. The van der Waals surface area contributed by atoms with Gasteiger partial charge in [-0.2, -0.15) is 0 Å². The second-order valence-electron chi connectivity index (χ2n) is 2.63. The Morgan fingerprint density at radius 1 is 1.73 bits per heavy atom. The van der Waals surface area contributed by atoms with E-state index in [4.69, 9.17) is 5.11 Å². The average Bonchev–Trinajstić information content (AvgIpc) is 2.10. The number of aliphatic carboxylic acids is 1. The molecule has 1 saturated heterocycles. The van der Waals surface area contributed by atoms with Crippen LogP contribution in [0.25, 0.3) is 0 Å². The van der Waals surface area contributed by atoms with E-state index in [1.165, 1.54) is 4.90 Å². The van der Waals surface area contributed by atoms with Gasteiger partial charge in [-0.15, -0.1) is 12.4 Å². The second kappa shape index (κ2) is 3.88. The molecule has 11 heavy (non-hydrogen) atoms. The molecule has 0 saturated carbocycles. The van der Waals surface area contributed by atoms with Crippen molar-refractivity contribution < 1.29 is 14.3 Å². The molecule has 0 aromatic rings. The van der Waals surface area contributed by atoms with Crippen LogP contribution < -0.4 is 0 Å². The maximum Gasteiger partial charge on any atom is 0.321 e. The third-order valence-corrected chi connectivity index (χ3v) is 1.78. The number of hydrogen-bond donors (Lipinski definition) is 1. The van der Waals surface area contributed by atoms with Crippen molar-refractivity contribution in [2.24, 2.45) is 0 Å². The Balaban J connectivity index is 0.000001000. The van der Waals surface area contributed by atoms with Gasteiger partial charge in [-0.05, 0) is 7.05 Å². The number of carbonyl (C=O) groups is 1. The highest BCUT2D eigenvalue weighted by Gasteiger charge is 2.34. The van der Waals surface area contributed by atoms with Crippen LogP contribution in [-0.4, -0.2) is 41.8 Å². The van der Waals surface area contributed by atoms with E-state index in [2.05, 4.69) is 0 Å². The Bertz CT molecular complexity index is 156. The number of likely N-dealkylation sites (N-methyl/N-ethyl adjacent to an activating group) is 1. The predicted octanol–water partition coefficient (Wildman–Crippen LogP) is 0.535. The van der Waals surface area contributed by atoms with Gasteiger partial charge in [0.1, 0.15) is 12.2 Å². The molecule has 0 spiro atoms. The molecule has 0 amide bonds. The summed E-state index contributed by atoms with van der Waals surface area (Å²) in [7, 11) is 1.62. The molecule has 0 radical (unpaired) electrons. The standard InChI is InChI=1S/C6H10FNO2.ClH/c1-8-3-4(7)2-5(8)6(9)10;/h4-5H,2-3H2,1H3,(H,9,10);1H/t4-,5-;/m0./s1. The zero-order valence-corrected chi connectivity index (χ0v) is 6.97. The molecule has 1 heterocycles. The van der Waals surface area contributed by atoms with Crippen LogP contribution in [0.4, 0.5) is 4.39 Å². The van der Waals surface area contributed by atoms with Crippen molar-refractivity contribution >= 4 is 18.4 Å². The predicted molar refractivity (Wildman–Crippen MR) is 40.8 cm³/mol. The number of rotatable bonds is 1. The van der Waals surface area contributed by atoms with Crippen molar-refractivity contribution in [3.63, 3.8) is 0 Å². The Kier molecular flexibility index (Phi) is 3.75. The fourth-order valence-electron chi connectivity index (χ4n) is 1.23. The molecule has 3 nitrogen and oxygen atoms in total. The summed E-state index contributed by atoms with van der Waals surface area (Å²) in [6, 6.07) is -0.616. The molecule has 2 atom stereocenters. The van der Waals surface area contributed by atoms with Gasteiger partial charge in [-0.25, -0.2) is 4.39 Å². The Hall–Kier alpha value is -0.350. The molecule has 0 unspecified atom stereocenters. The van der Waals surface area contributed by atoms with Gasteiger partial charge in [0.25, 0.3) is 0 Å². The van der Waals surface area contributed by atoms with Gasteiger partial charge in [-0.1, -0.05) is 0 Å². The minimum Gasteiger partial charge on any atom is -0.480 e. The monoisotopic (exact) mass is 183 g/mol. The third kappa shape index (κ3) is 2.31. The molecule has 0 bridgehead atoms. The van der Waals surface area contributed by atoms with E-state index in [-0.39, 0.29) is 25.4 Å². The highest BCUT2D eigenvalue weighted by Crippen LogP contribution is 2.17. The lowest BCUT2D eigenvalue weighted by Crippen LogP contribution is -2.32. The highest BCUT2D eigenvalue weighted by molar-refractivity contribution is 5.85. The van der Waals surface area contributed by atoms with Crippen molar-refractivity contribution in [1.82, 2.24) is 4.90 Å². The first-order valence-corrected chi connectivity index (χ1v) is 3.18. The summed E-state index contributed by atoms with van der Waals surface area (Å²) in [4.78, 5) is 11.9. The fourth-order valence-corrected chi connectivity index (χ4v) is 1.23. The molecular formula is C6H11ClFNO2. The van der Waals surface area contributed by atoms with Gasteiger partial charge < -0.3 is 5.11 Å². The molecule has 0 aromatic heterocycles. The smallest absolute Gasteiger partial charge is 0.321 e. The summed E-state index contributed by atoms with van der Waals surface area (Å²) in [5.41, 5.74) is 0. The van der Waals surface area contributed by atoms with Gasteiger partial charge in [0.2, 0.25) is 0 Å². The summed E-state index contributed by atoms with van der Waals surface area (Å²) in [6.45, 7) is 0.247. The van der Waals surface area contributed by atoms with Gasteiger partial charge in [0.15, 0.2) is 0 Å². The highest BCUT2D eigenvalue weighted by atomic mass is 35.5. The fraction of sp³-hybridized carbons (Fsp3) is 0.833. The Labute approximate surface area is 70.6 Å². The Morgan fingerprint density at radius 2 is 2.27 bits per heavy atom. The maximum absolute atomic E-state index is 12.5. The molecule has 1 fully saturated rings. The van der Waals surface area contributed by atoms with Crippen molar-refractivity contribution in [1.29, 1.82) is 0 Å². The first-order chi connectivity index (χ1) is 4.61. The largest absolute Gasteiger partial charge is 0.480 e. The van der Waals surface area contributed by atoms with Crippen LogP contribution in [0, 0.1) is 0 Å². The van der Waals surface area contributed by atoms with Crippen molar-refractivity contribution in [2.45, 2.75) is 18.6 Å². The van der Waals surface area contributed by atoms with Gasteiger partial charge in [0, 0.05) is 13.0 Å². The Morgan fingerprint density at radius 3 is 2.45 bits per heavy atom. The second-order valence-corrected chi connectivity index (χ2v) is 2.63. The summed E-state index contributed by atoms with van der Waals surface area (Å²) >= 11 is 0. The third-order valence-electron chi connectivity index (χ3n) is 1.78. The minimum atomic E-state index is -0.967. The lowest BCUT2D eigenvalue weighted by Gasteiger charge is -2.12. The van der Waals surface area contributed by atoms with E-state index < -0.39 is 18.2 Å². The quantitative estimate of drug-likeness (QED) is 0.645. The van der Waals surface area contributed by atoms with Crippen molar-refractivity contribution in [3.05, 3.63) is 0 Å². The van der Waals surface area contributed by atoms with E-state index in [0.29, 0.717) is 0 Å². The van der Waals surface area contributed by atoms with E-state index in [9.17, 15) is 9.18 Å². The number of likely N-dealkylation sites (tertiary alicyclic amines) is 1. The molecule has 1 aliphatic rings. The summed E-state index contributed by atoms with van der Waals surface area (Å²) in [5.74, 6) is -0.928. The van der Waals surface area contributed by atoms with Crippen LogP contribution in [0.5, 0.6) is 0 Å². The molecule has 0 aromatic carbocycles. The molecule has 5 heteroatoms. The first-order valence-electron chi connectivity index (χ1n) is 3.18. The number of hydrogen-bond acceptors (Lipinski definition) is 2. The van der Waals surface area contributed by atoms with E-state index in [1.807, 2.05) is 0 Å². The summed E-state index contributed by atoms with van der Waals surface area (Å²) in [6.07, 6.45) is -0.836. The molecule has 66 valence electrons. The number of halogens is 2. The summed E-state index contributed by atoms with van der Waals surface area (Å²) in [5, 5.41) is 8.49. The van der Waals surface area contributed by atoms with Gasteiger partial charge in [0.05, 0.1) is 0 Å². The van der Waals surface area contributed by atoms with E-state index in [1.54, 1.807) is 7.05 Å². The average molecular weight is 184 g/mol. The van der Waals surface area contributed by atoms with Crippen molar-refractivity contribution in [3.8, 4) is 0 Å². The van der Waals surface area contributed by atoms with Crippen LogP contribution in [0.15, 0.2) is 0 Å². The zero-order valence-electron chi connectivity index (χ0n) is 6.16. The maximum atomic E-state index is 12.5. The van der Waals surface area contributed by atoms with Gasteiger partial charge in [-0.3, -0.25) is 9.69 Å². The van der Waals surface area contributed by atoms with E-state index in [0.717, 1.165) is 0 Å². The first kappa shape index (κ1) is 10.7. The topological polar surface area (TPSA) is 40.5 Å². The lowest BCUT2D eigenvalue weighted by molar-refractivity contribution is -0.141. The van der Waals surface area contributed by atoms with E-state index >= 15 is 0 Å². The molecule has 1 rings (SSSR count).